The van der Waals surface area contributed by atoms with Gasteiger partial charge in [-0.25, -0.2) is 14.5 Å². The van der Waals surface area contributed by atoms with Crippen LogP contribution in [0.2, 0.25) is 0 Å². The van der Waals surface area contributed by atoms with Gasteiger partial charge in [0.2, 0.25) is 0 Å². The lowest BCUT2D eigenvalue weighted by molar-refractivity contribution is 0.979. The quantitative estimate of drug-likeness (QED) is 0.161. The molecule has 0 bridgehead atoms. The van der Waals surface area contributed by atoms with Crippen LogP contribution < -0.4 is 0 Å². The molecule has 0 aliphatic heterocycles. The third kappa shape index (κ3) is 6.18. The van der Waals surface area contributed by atoms with Crippen LogP contribution in [0.5, 0.6) is 0 Å². The van der Waals surface area contributed by atoms with E-state index in [1.807, 2.05) is 17.4 Å². The van der Waals surface area contributed by atoms with Gasteiger partial charge in [-0.1, -0.05) is 194 Å². The summed E-state index contributed by atoms with van der Waals surface area (Å²) < 4.78 is 4.72. The maximum atomic E-state index is 5.41. The third-order valence-corrected chi connectivity index (χ3v) is 13.1. The van der Waals surface area contributed by atoms with Gasteiger partial charge in [-0.15, -0.1) is 11.3 Å². The van der Waals surface area contributed by atoms with E-state index in [9.17, 15) is 0 Å². The fourth-order valence-electron chi connectivity index (χ4n) is 8.86. The largest absolute Gasteiger partial charge is 0.231 e. The maximum Gasteiger partial charge on any atom is 0.160 e. The molecule has 0 aliphatic carbocycles. The Kier molecular flexibility index (Phi) is 8.65. The molecule has 0 N–H and O–H groups in total. The third-order valence-electron chi connectivity index (χ3n) is 11.8. The summed E-state index contributed by atoms with van der Waals surface area (Å²) in [6, 6.07) is 77.2. The lowest BCUT2D eigenvalue weighted by Gasteiger charge is -2.12. The Bertz CT molecular complexity index is 3610. The van der Waals surface area contributed by atoms with E-state index in [4.69, 9.17) is 15.1 Å². The van der Waals surface area contributed by atoms with E-state index in [1.165, 1.54) is 31.1 Å². The summed E-state index contributed by atoms with van der Waals surface area (Å²) in [5.74, 6) is 0.685. The highest BCUT2D eigenvalue weighted by atomic mass is 32.1. The molecule has 0 unspecified atom stereocenters. The normalized spacial score (nSPS) is 11.5. The van der Waals surface area contributed by atoms with Crippen molar-refractivity contribution in [1.82, 2.24) is 19.6 Å². The van der Waals surface area contributed by atoms with E-state index in [-0.39, 0.29) is 0 Å². The highest BCUT2D eigenvalue weighted by Crippen LogP contribution is 2.43. The minimum absolute atomic E-state index is 0.685. The average molecular weight is 809 g/mol. The molecule has 12 rings (SSSR count). The minimum Gasteiger partial charge on any atom is -0.231 e. The molecule has 4 aromatic heterocycles. The highest BCUT2D eigenvalue weighted by molar-refractivity contribution is 7.26. The predicted molar refractivity (Wildman–Crippen MR) is 259 cm³/mol. The number of nitrogens with zero attached hydrogens (tertiary/aromatic N) is 4. The summed E-state index contributed by atoms with van der Waals surface area (Å²) in [5, 5.41) is 10.3. The first kappa shape index (κ1) is 35.9. The van der Waals surface area contributed by atoms with Crippen molar-refractivity contribution in [3.05, 3.63) is 218 Å². The van der Waals surface area contributed by atoms with Gasteiger partial charge in [-0.2, -0.15) is 5.10 Å². The first-order chi connectivity index (χ1) is 30.7. The average Bonchev–Trinajstić information content (AvgIpc) is 3.95. The summed E-state index contributed by atoms with van der Waals surface area (Å²) in [7, 11) is 0. The second-order valence-corrected chi connectivity index (χ2v) is 16.7. The Balaban J connectivity index is 1.01. The molecule has 290 valence electrons. The van der Waals surface area contributed by atoms with Gasteiger partial charge >= 0.3 is 0 Å². The smallest absolute Gasteiger partial charge is 0.160 e. The van der Waals surface area contributed by atoms with Gasteiger partial charge in [0.1, 0.15) is 5.69 Å². The molecular formula is C57H36N4S. The molecule has 62 heavy (non-hydrogen) atoms. The zero-order valence-corrected chi connectivity index (χ0v) is 34.3. The van der Waals surface area contributed by atoms with E-state index >= 15 is 0 Å². The second kappa shape index (κ2) is 14.9. The van der Waals surface area contributed by atoms with Crippen molar-refractivity contribution in [1.29, 1.82) is 0 Å². The van der Waals surface area contributed by atoms with Crippen molar-refractivity contribution in [2.24, 2.45) is 0 Å². The fraction of sp³-hybridized carbons (Fsp3) is 0. The number of fused-ring (bicyclic) bond motifs is 6. The fourth-order valence-corrected chi connectivity index (χ4v) is 10.1. The molecule has 4 heterocycles. The number of hydrogen-bond donors (Lipinski definition) is 0. The predicted octanol–water partition coefficient (Wildman–Crippen LogP) is 15.3. The van der Waals surface area contributed by atoms with Gasteiger partial charge in [-0.3, -0.25) is 0 Å². The minimum atomic E-state index is 0.685. The van der Waals surface area contributed by atoms with Crippen LogP contribution in [0.15, 0.2) is 218 Å². The maximum absolute atomic E-state index is 5.41. The van der Waals surface area contributed by atoms with Gasteiger partial charge in [0.25, 0.3) is 0 Å². The van der Waals surface area contributed by atoms with Gasteiger partial charge in [-0.05, 0) is 46.3 Å². The number of aromatic nitrogens is 4. The van der Waals surface area contributed by atoms with Gasteiger partial charge in [0.05, 0.1) is 22.6 Å². The molecular weight excluding hydrogens is 773 g/mol. The summed E-state index contributed by atoms with van der Waals surface area (Å²) in [5.41, 5.74) is 14.5. The standard InChI is InChI=1S/C57H36N4S/c1-4-16-37(17-5-1)49-36-50(59-57(58-49)44-24-14-23-42(34-44)46-27-15-28-48-47-26-12-13-29-52(47)62-56(46)48)38-30-32-40(33-31-38)53-54(41-20-8-3-9-21-41)60-61-51(39-18-6-2-7-19-39)35-43-22-10-11-25-45(43)55(53)61/h1-36H. The van der Waals surface area contributed by atoms with E-state index < -0.39 is 0 Å². The SMILES string of the molecule is c1ccc(-c2cc(-c3ccc(-c4c(-c5ccccc5)nn5c(-c6ccccc6)cc6ccccc6c45)cc3)nc(-c3cccc(-c4cccc5c4sc4ccccc45)c3)n2)cc1. The molecule has 5 heteroatoms. The zero-order chi connectivity index (χ0) is 41.0. The highest BCUT2D eigenvalue weighted by Gasteiger charge is 2.22. The van der Waals surface area contributed by atoms with E-state index in [1.54, 1.807) is 0 Å². The summed E-state index contributed by atoms with van der Waals surface area (Å²) in [6.45, 7) is 0. The van der Waals surface area contributed by atoms with Crippen LogP contribution in [0.4, 0.5) is 0 Å². The zero-order valence-electron chi connectivity index (χ0n) is 33.5. The van der Waals surface area contributed by atoms with Crippen molar-refractivity contribution in [2.75, 3.05) is 0 Å². The van der Waals surface area contributed by atoms with Crippen molar-refractivity contribution in [2.45, 2.75) is 0 Å². The molecule has 0 aliphatic rings. The van der Waals surface area contributed by atoms with E-state index in [0.29, 0.717) is 5.82 Å². The first-order valence-corrected chi connectivity index (χ1v) is 21.7. The number of benzene rings is 8. The van der Waals surface area contributed by atoms with E-state index in [2.05, 4.69) is 217 Å². The number of thiophene rings is 1. The topological polar surface area (TPSA) is 43.1 Å². The first-order valence-electron chi connectivity index (χ1n) is 20.9. The van der Waals surface area contributed by atoms with Crippen LogP contribution in [-0.4, -0.2) is 19.6 Å². The van der Waals surface area contributed by atoms with Crippen molar-refractivity contribution < 1.29 is 0 Å². The van der Waals surface area contributed by atoms with Crippen molar-refractivity contribution in [3.63, 3.8) is 0 Å². The summed E-state index contributed by atoms with van der Waals surface area (Å²) >= 11 is 1.85. The Hall–Kier alpha value is -7.99. The summed E-state index contributed by atoms with van der Waals surface area (Å²) in [4.78, 5) is 10.5. The van der Waals surface area contributed by atoms with Crippen LogP contribution in [-0.2, 0) is 0 Å². The molecule has 0 saturated carbocycles. The van der Waals surface area contributed by atoms with Crippen molar-refractivity contribution >= 4 is 47.8 Å². The van der Waals surface area contributed by atoms with Crippen LogP contribution in [0.25, 0.3) is 115 Å². The molecule has 0 fully saturated rings. The van der Waals surface area contributed by atoms with Crippen LogP contribution in [0.3, 0.4) is 0 Å². The number of pyridine rings is 1. The molecule has 0 amide bonds. The van der Waals surface area contributed by atoms with Crippen molar-refractivity contribution in [3.8, 4) is 78.7 Å². The lowest BCUT2D eigenvalue weighted by Crippen LogP contribution is -1.96. The molecule has 0 spiro atoms. The van der Waals surface area contributed by atoms with E-state index in [0.717, 1.165) is 78.2 Å². The van der Waals surface area contributed by atoms with Crippen LogP contribution in [0.1, 0.15) is 0 Å². The van der Waals surface area contributed by atoms with Gasteiger partial charge in [0.15, 0.2) is 5.82 Å². The Morgan fingerprint density at radius 3 is 1.71 bits per heavy atom. The monoisotopic (exact) mass is 808 g/mol. The molecule has 0 radical (unpaired) electrons. The van der Waals surface area contributed by atoms with Gasteiger partial charge in [0, 0.05) is 58.9 Å². The molecule has 0 saturated heterocycles. The molecule has 0 atom stereocenters. The molecule has 4 nitrogen and oxygen atoms in total. The number of rotatable bonds is 7. The van der Waals surface area contributed by atoms with Crippen LogP contribution >= 0.6 is 11.3 Å². The van der Waals surface area contributed by atoms with Gasteiger partial charge < -0.3 is 0 Å². The summed E-state index contributed by atoms with van der Waals surface area (Å²) in [6.07, 6.45) is 0. The molecule has 12 aromatic rings. The number of hydrogen-bond acceptors (Lipinski definition) is 4. The Morgan fingerprint density at radius 2 is 0.952 bits per heavy atom. The Labute approximate surface area is 362 Å². The second-order valence-electron chi connectivity index (χ2n) is 15.6. The lowest BCUT2D eigenvalue weighted by atomic mass is 9.95. The molecule has 8 aromatic carbocycles. The van der Waals surface area contributed by atoms with Crippen LogP contribution in [0, 0.1) is 0 Å². The Morgan fingerprint density at radius 1 is 0.387 bits per heavy atom.